The van der Waals surface area contributed by atoms with Crippen LogP contribution < -0.4 is 0 Å². The number of benzene rings is 1. The summed E-state index contributed by atoms with van der Waals surface area (Å²) in [6, 6.07) is 3.61. The van der Waals surface area contributed by atoms with Gasteiger partial charge in [0.1, 0.15) is 6.07 Å². The van der Waals surface area contributed by atoms with Gasteiger partial charge >= 0.3 is 12.1 Å². The summed E-state index contributed by atoms with van der Waals surface area (Å²) in [4.78, 5) is 10.9. The summed E-state index contributed by atoms with van der Waals surface area (Å²) >= 11 is 3.64. The fourth-order valence-corrected chi connectivity index (χ4v) is 1.60. The lowest BCUT2D eigenvalue weighted by molar-refractivity contribution is -0.140. The highest BCUT2D eigenvalue weighted by Gasteiger charge is 2.39. The third-order valence-electron chi connectivity index (χ3n) is 1.98. The Labute approximate surface area is 100 Å². The molecular weight excluding hydrogens is 255 g/mol. The van der Waals surface area contributed by atoms with Crippen LogP contribution in [-0.4, -0.2) is 13.1 Å². The van der Waals surface area contributed by atoms with Crippen molar-refractivity contribution >= 4 is 18.6 Å². The Morgan fingerprint density at radius 2 is 2.06 bits per heavy atom. The monoisotopic (exact) mass is 261 g/mol. The number of hydrogen-bond donors (Lipinski definition) is 1. The fraction of sp³-hybridized carbons (Fsp3) is 0.200. The van der Waals surface area contributed by atoms with E-state index in [4.69, 9.17) is 5.26 Å². The zero-order chi connectivity index (χ0) is 13.2. The Morgan fingerprint density at radius 1 is 1.47 bits per heavy atom. The average molecular weight is 261 g/mol. The summed E-state index contributed by atoms with van der Waals surface area (Å²) < 4.78 is 42.5. The van der Waals surface area contributed by atoms with Gasteiger partial charge in [-0.15, -0.1) is 12.6 Å². The molecule has 0 unspecified atom stereocenters. The Balaban J connectivity index is 3.67. The van der Waals surface area contributed by atoms with Crippen molar-refractivity contribution < 1.29 is 22.7 Å². The van der Waals surface area contributed by atoms with E-state index in [1.54, 1.807) is 0 Å². The van der Waals surface area contributed by atoms with E-state index in [9.17, 15) is 18.0 Å². The normalized spacial score (nSPS) is 10.8. The van der Waals surface area contributed by atoms with Crippen LogP contribution in [0.5, 0.6) is 0 Å². The summed E-state index contributed by atoms with van der Waals surface area (Å²) in [5.41, 5.74) is -2.47. The van der Waals surface area contributed by atoms with Crippen LogP contribution in [0, 0.1) is 11.3 Å². The van der Waals surface area contributed by atoms with E-state index in [-0.39, 0.29) is 0 Å². The van der Waals surface area contributed by atoms with Crippen LogP contribution in [0.2, 0.25) is 0 Å². The first kappa shape index (κ1) is 13.4. The van der Waals surface area contributed by atoms with Crippen LogP contribution in [0.3, 0.4) is 0 Å². The van der Waals surface area contributed by atoms with E-state index in [1.165, 1.54) is 6.07 Å². The highest BCUT2D eigenvalue weighted by molar-refractivity contribution is 7.80. The average Bonchev–Trinajstić information content (AvgIpc) is 2.25. The molecule has 17 heavy (non-hydrogen) atoms. The van der Waals surface area contributed by atoms with Crippen molar-refractivity contribution in [2.45, 2.75) is 11.1 Å². The first-order valence-electron chi connectivity index (χ1n) is 4.24. The highest BCUT2D eigenvalue weighted by Crippen LogP contribution is 2.37. The molecular formula is C10H6F3NO2S. The van der Waals surface area contributed by atoms with E-state index in [0.717, 1.165) is 19.2 Å². The molecule has 7 heteroatoms. The number of nitrogens with zero attached hydrogens (tertiary/aromatic N) is 1. The predicted octanol–water partition coefficient (Wildman–Crippen LogP) is 2.65. The van der Waals surface area contributed by atoms with Gasteiger partial charge in [0, 0.05) is 4.90 Å². The topological polar surface area (TPSA) is 50.1 Å². The number of hydrogen-bond acceptors (Lipinski definition) is 4. The summed E-state index contributed by atoms with van der Waals surface area (Å²) in [5, 5.41) is 8.69. The first-order valence-corrected chi connectivity index (χ1v) is 4.69. The predicted molar refractivity (Wildman–Crippen MR) is 54.8 cm³/mol. The van der Waals surface area contributed by atoms with Crippen LogP contribution in [-0.2, 0) is 10.9 Å². The van der Waals surface area contributed by atoms with Crippen molar-refractivity contribution in [2.24, 2.45) is 0 Å². The summed E-state index contributed by atoms with van der Waals surface area (Å²) in [6.07, 6.45) is -4.78. The van der Waals surface area contributed by atoms with Crippen molar-refractivity contribution in [1.82, 2.24) is 0 Å². The number of nitriles is 1. The molecule has 0 aliphatic rings. The summed E-state index contributed by atoms with van der Waals surface area (Å²) in [5.74, 6) is -1.22. The van der Waals surface area contributed by atoms with E-state index < -0.39 is 33.7 Å². The maximum atomic E-state index is 12.8. The lowest BCUT2D eigenvalue weighted by atomic mass is 10.0. The Morgan fingerprint density at radius 3 is 2.47 bits per heavy atom. The first-order chi connectivity index (χ1) is 7.82. The number of ether oxygens (including phenoxy) is 1. The minimum absolute atomic E-state index is 0.401. The lowest BCUT2D eigenvalue weighted by Gasteiger charge is -2.14. The van der Waals surface area contributed by atoms with Gasteiger partial charge in [0.15, 0.2) is 0 Å². The second-order valence-corrected chi connectivity index (χ2v) is 3.47. The maximum Gasteiger partial charge on any atom is 0.418 e. The van der Waals surface area contributed by atoms with Crippen molar-refractivity contribution in [3.05, 3.63) is 28.8 Å². The van der Waals surface area contributed by atoms with E-state index in [0.29, 0.717) is 0 Å². The molecule has 3 nitrogen and oxygen atoms in total. The molecule has 0 N–H and O–H groups in total. The SMILES string of the molecule is COC(=O)c1c(C#N)ccc(S)c1C(F)(F)F. The quantitative estimate of drug-likeness (QED) is 0.624. The zero-order valence-corrected chi connectivity index (χ0v) is 9.39. The molecule has 0 saturated carbocycles. The van der Waals surface area contributed by atoms with Crippen LogP contribution in [0.25, 0.3) is 0 Å². The van der Waals surface area contributed by atoms with Crippen molar-refractivity contribution in [3.63, 3.8) is 0 Å². The van der Waals surface area contributed by atoms with Gasteiger partial charge in [-0.1, -0.05) is 0 Å². The van der Waals surface area contributed by atoms with Crippen molar-refractivity contribution in [3.8, 4) is 6.07 Å². The van der Waals surface area contributed by atoms with Crippen molar-refractivity contribution in [2.75, 3.05) is 7.11 Å². The molecule has 1 aromatic carbocycles. The number of carbonyl (C=O) groups is 1. The number of esters is 1. The second kappa shape index (κ2) is 4.67. The van der Waals surface area contributed by atoms with Gasteiger partial charge < -0.3 is 4.74 Å². The molecule has 0 radical (unpaired) electrons. The smallest absolute Gasteiger partial charge is 0.418 e. The van der Waals surface area contributed by atoms with Gasteiger partial charge in [-0.25, -0.2) is 4.79 Å². The Bertz CT molecular complexity index is 505. The number of halogens is 3. The van der Waals surface area contributed by atoms with Crippen LogP contribution >= 0.6 is 12.6 Å². The second-order valence-electron chi connectivity index (χ2n) is 2.98. The van der Waals surface area contributed by atoms with Gasteiger partial charge in [0.25, 0.3) is 0 Å². The summed E-state index contributed by atoms with van der Waals surface area (Å²) in [7, 11) is 0.939. The standard InChI is InChI=1S/C10H6F3NO2S/c1-16-9(15)7-5(4-14)2-3-6(17)8(7)10(11,12)13/h2-3,17H,1H3. The molecule has 0 aliphatic heterocycles. The zero-order valence-electron chi connectivity index (χ0n) is 8.50. The molecule has 0 heterocycles. The third kappa shape index (κ3) is 2.53. The number of carbonyl (C=O) groups excluding carboxylic acids is 1. The van der Waals surface area contributed by atoms with Crippen molar-refractivity contribution in [1.29, 1.82) is 5.26 Å². The van der Waals surface area contributed by atoms with Crippen LogP contribution in [0.4, 0.5) is 13.2 Å². The Kier molecular flexibility index (Phi) is 3.68. The molecule has 90 valence electrons. The van der Waals surface area contributed by atoms with Crippen LogP contribution in [0.15, 0.2) is 17.0 Å². The summed E-state index contributed by atoms with van der Waals surface area (Å²) in [6.45, 7) is 0. The molecule has 0 fully saturated rings. The van der Waals surface area contributed by atoms with Gasteiger partial charge in [-0.3, -0.25) is 0 Å². The number of thiol groups is 1. The van der Waals surface area contributed by atoms with Gasteiger partial charge in [0.05, 0.1) is 23.8 Å². The van der Waals surface area contributed by atoms with Gasteiger partial charge in [0.2, 0.25) is 0 Å². The largest absolute Gasteiger partial charge is 0.465 e. The highest BCUT2D eigenvalue weighted by atomic mass is 32.1. The third-order valence-corrected chi connectivity index (χ3v) is 2.35. The van der Waals surface area contributed by atoms with E-state index >= 15 is 0 Å². The molecule has 1 rings (SSSR count). The van der Waals surface area contributed by atoms with Crippen LogP contribution in [0.1, 0.15) is 21.5 Å². The molecule has 0 saturated heterocycles. The maximum absolute atomic E-state index is 12.8. The molecule has 0 spiro atoms. The Hall–Kier alpha value is -1.68. The molecule has 0 aliphatic carbocycles. The van der Waals surface area contributed by atoms with E-state index in [1.807, 2.05) is 0 Å². The minimum Gasteiger partial charge on any atom is -0.465 e. The minimum atomic E-state index is -4.78. The number of rotatable bonds is 1. The molecule has 0 aromatic heterocycles. The van der Waals surface area contributed by atoms with Gasteiger partial charge in [-0.2, -0.15) is 18.4 Å². The fourth-order valence-electron chi connectivity index (χ4n) is 1.29. The molecule has 1 aromatic rings. The molecule has 0 atom stereocenters. The number of methoxy groups -OCH3 is 1. The molecule has 0 amide bonds. The number of alkyl halides is 3. The lowest BCUT2D eigenvalue weighted by Crippen LogP contribution is -2.17. The van der Waals surface area contributed by atoms with Gasteiger partial charge in [-0.05, 0) is 12.1 Å². The van der Waals surface area contributed by atoms with E-state index in [2.05, 4.69) is 17.4 Å². The molecule has 0 bridgehead atoms.